The van der Waals surface area contributed by atoms with Crippen molar-refractivity contribution in [1.29, 1.82) is 5.26 Å². The summed E-state index contributed by atoms with van der Waals surface area (Å²) < 4.78 is 2.04. The van der Waals surface area contributed by atoms with Crippen molar-refractivity contribution in [1.82, 2.24) is 35.2 Å². The lowest BCUT2D eigenvalue weighted by molar-refractivity contribution is 0.881. The number of fused-ring (bicyclic) bond motifs is 1. The number of nitrogens with zero attached hydrogens (tertiary/aromatic N) is 7. The van der Waals surface area contributed by atoms with Crippen LogP contribution in [0.2, 0.25) is 0 Å². The van der Waals surface area contributed by atoms with Gasteiger partial charge in [0.2, 0.25) is 5.82 Å². The van der Waals surface area contributed by atoms with Gasteiger partial charge in [0.25, 0.3) is 0 Å². The number of pyridine rings is 1. The van der Waals surface area contributed by atoms with Crippen molar-refractivity contribution in [3.8, 4) is 34.3 Å². The fourth-order valence-electron chi connectivity index (χ4n) is 3.97. The molecule has 5 aromatic rings. The molecule has 0 saturated carbocycles. The molecule has 0 bridgehead atoms. The van der Waals surface area contributed by atoms with E-state index in [4.69, 9.17) is 4.98 Å². The van der Waals surface area contributed by atoms with E-state index in [1.807, 2.05) is 54.8 Å². The van der Waals surface area contributed by atoms with Crippen LogP contribution in [0.15, 0.2) is 48.5 Å². The number of aryl methyl sites for hydroxylation is 2. The van der Waals surface area contributed by atoms with Gasteiger partial charge in [0, 0.05) is 17.7 Å². The van der Waals surface area contributed by atoms with Crippen molar-refractivity contribution in [3.63, 3.8) is 0 Å². The van der Waals surface area contributed by atoms with Crippen molar-refractivity contribution in [2.24, 2.45) is 0 Å². The molecule has 0 atom stereocenters. The Hall–Kier alpha value is -4.38. The van der Waals surface area contributed by atoms with Crippen molar-refractivity contribution in [3.05, 3.63) is 71.2 Å². The number of benzene rings is 2. The number of hydrogen-bond acceptors (Lipinski definition) is 6. The monoisotopic (exact) mass is 420 g/mol. The summed E-state index contributed by atoms with van der Waals surface area (Å²) in [4.78, 5) is 9.48. The molecule has 1 N–H and O–H groups in total. The second-order valence-electron chi connectivity index (χ2n) is 7.54. The zero-order chi connectivity index (χ0) is 22.2. The topological polar surface area (TPSA) is 109 Å². The number of hydrogen-bond donors (Lipinski definition) is 1. The quantitative estimate of drug-likeness (QED) is 0.464. The average molecular weight is 420 g/mol. The highest BCUT2D eigenvalue weighted by atomic mass is 15.5. The Morgan fingerprint density at radius 1 is 0.969 bits per heavy atom. The normalized spacial score (nSPS) is 11.1. The highest BCUT2D eigenvalue weighted by molar-refractivity contribution is 5.82. The Morgan fingerprint density at radius 3 is 2.38 bits per heavy atom. The zero-order valence-corrected chi connectivity index (χ0v) is 18.0. The Morgan fingerprint density at radius 2 is 1.72 bits per heavy atom. The second-order valence-corrected chi connectivity index (χ2v) is 7.54. The number of aromatic amines is 1. The van der Waals surface area contributed by atoms with Crippen LogP contribution >= 0.6 is 0 Å². The largest absolute Gasteiger partial charge is 0.281 e. The van der Waals surface area contributed by atoms with Gasteiger partial charge in [-0.1, -0.05) is 43.3 Å². The van der Waals surface area contributed by atoms with E-state index in [-0.39, 0.29) is 0 Å². The lowest BCUT2D eigenvalue weighted by atomic mass is 9.99. The van der Waals surface area contributed by atoms with E-state index < -0.39 is 0 Å². The zero-order valence-electron chi connectivity index (χ0n) is 18.0. The highest BCUT2D eigenvalue weighted by Crippen LogP contribution is 2.31. The van der Waals surface area contributed by atoms with Gasteiger partial charge in [-0.15, -0.1) is 10.2 Å². The maximum Gasteiger partial charge on any atom is 0.205 e. The van der Waals surface area contributed by atoms with Crippen LogP contribution in [-0.4, -0.2) is 35.2 Å². The Labute approximate surface area is 184 Å². The maximum absolute atomic E-state index is 9.54. The van der Waals surface area contributed by atoms with E-state index in [9.17, 15) is 5.26 Å². The predicted molar refractivity (Wildman–Crippen MR) is 121 cm³/mol. The molecule has 0 aliphatic heterocycles. The summed E-state index contributed by atoms with van der Waals surface area (Å²) in [6.07, 6.45) is 0.749. The van der Waals surface area contributed by atoms with Crippen LogP contribution in [0.25, 0.3) is 39.4 Å². The molecular formula is C24H20N8. The smallest absolute Gasteiger partial charge is 0.205 e. The fraction of sp³-hybridized carbons (Fsp3) is 0.167. The summed E-state index contributed by atoms with van der Waals surface area (Å²) in [5, 5.41) is 24.0. The molecule has 8 heteroatoms. The first-order valence-corrected chi connectivity index (χ1v) is 10.3. The van der Waals surface area contributed by atoms with Gasteiger partial charge in [0.1, 0.15) is 23.1 Å². The second kappa shape index (κ2) is 7.71. The lowest BCUT2D eigenvalue weighted by Crippen LogP contribution is -2.02. The number of H-pyrrole nitrogens is 1. The first-order valence-electron chi connectivity index (χ1n) is 10.3. The number of imidazole rings is 1. The molecule has 0 fully saturated rings. The van der Waals surface area contributed by atoms with Crippen LogP contribution < -0.4 is 0 Å². The van der Waals surface area contributed by atoms with E-state index in [0.29, 0.717) is 17.2 Å². The van der Waals surface area contributed by atoms with Gasteiger partial charge in [0.15, 0.2) is 5.65 Å². The van der Waals surface area contributed by atoms with Crippen LogP contribution in [-0.2, 0) is 6.42 Å². The number of aromatic nitrogens is 7. The van der Waals surface area contributed by atoms with Crippen molar-refractivity contribution in [2.45, 2.75) is 27.2 Å². The summed E-state index contributed by atoms with van der Waals surface area (Å²) >= 11 is 0. The molecule has 0 saturated heterocycles. The van der Waals surface area contributed by atoms with Gasteiger partial charge in [-0.05, 0) is 53.4 Å². The number of tetrazole rings is 1. The molecule has 0 amide bonds. The molecule has 0 radical (unpaired) electrons. The molecule has 32 heavy (non-hydrogen) atoms. The van der Waals surface area contributed by atoms with E-state index >= 15 is 0 Å². The molecule has 3 aromatic heterocycles. The van der Waals surface area contributed by atoms with Crippen LogP contribution in [0, 0.1) is 25.2 Å². The summed E-state index contributed by atoms with van der Waals surface area (Å²) in [5.41, 5.74) is 7.76. The minimum atomic E-state index is 0.435. The van der Waals surface area contributed by atoms with Gasteiger partial charge in [-0.25, -0.2) is 9.97 Å². The Kier molecular flexibility index (Phi) is 4.71. The predicted octanol–water partition coefficient (Wildman–Crippen LogP) is 4.32. The van der Waals surface area contributed by atoms with Gasteiger partial charge in [0.05, 0.1) is 0 Å². The first-order chi connectivity index (χ1) is 15.6. The minimum absolute atomic E-state index is 0.435. The molecule has 3 heterocycles. The molecule has 8 nitrogen and oxygen atoms in total. The van der Waals surface area contributed by atoms with E-state index in [1.165, 1.54) is 0 Å². The number of nitrogens with one attached hydrogen (secondary N) is 1. The van der Waals surface area contributed by atoms with Crippen LogP contribution in [0.3, 0.4) is 0 Å². The number of nitriles is 1. The Bertz CT molecular complexity index is 1470. The standard InChI is InChI=1S/C24H20N8/c1-4-21-27-22-15(3)14(2)20(13-25)26-24(22)32(21)17-11-9-16(10-12-17)18-7-5-6-8-19(18)23-28-30-31-29-23/h5-12H,4H2,1-3H3,(H,28,29,30,31). The first kappa shape index (κ1) is 19.6. The SMILES string of the molecule is CCc1nc2c(C)c(C)c(C#N)nc2n1-c1ccc(-c2ccccc2-c2nn[nH]n2)cc1. The summed E-state index contributed by atoms with van der Waals surface area (Å²) in [5.74, 6) is 1.46. The van der Waals surface area contributed by atoms with Crippen molar-refractivity contribution < 1.29 is 0 Å². The molecule has 2 aromatic carbocycles. The Balaban J connectivity index is 1.65. The van der Waals surface area contributed by atoms with Gasteiger partial charge in [-0.2, -0.15) is 10.5 Å². The van der Waals surface area contributed by atoms with Crippen LogP contribution in [0.1, 0.15) is 29.6 Å². The summed E-state index contributed by atoms with van der Waals surface area (Å²) in [6.45, 7) is 5.98. The molecular weight excluding hydrogens is 400 g/mol. The van der Waals surface area contributed by atoms with Gasteiger partial charge >= 0.3 is 0 Å². The molecule has 0 aliphatic rings. The molecule has 0 unspecified atom stereocenters. The molecule has 0 aliphatic carbocycles. The van der Waals surface area contributed by atoms with E-state index in [0.717, 1.165) is 51.3 Å². The average Bonchev–Trinajstić information content (AvgIpc) is 3.50. The van der Waals surface area contributed by atoms with E-state index in [2.05, 4.69) is 50.7 Å². The van der Waals surface area contributed by atoms with E-state index in [1.54, 1.807) is 0 Å². The summed E-state index contributed by atoms with van der Waals surface area (Å²) in [7, 11) is 0. The third kappa shape index (κ3) is 3.03. The highest BCUT2D eigenvalue weighted by Gasteiger charge is 2.18. The molecule has 0 spiro atoms. The van der Waals surface area contributed by atoms with Crippen molar-refractivity contribution in [2.75, 3.05) is 0 Å². The summed E-state index contributed by atoms with van der Waals surface area (Å²) in [6, 6.07) is 18.4. The maximum atomic E-state index is 9.54. The molecule has 5 rings (SSSR count). The van der Waals surface area contributed by atoms with Crippen molar-refractivity contribution >= 4 is 11.2 Å². The third-order valence-corrected chi connectivity index (χ3v) is 5.79. The minimum Gasteiger partial charge on any atom is -0.281 e. The molecule has 156 valence electrons. The fourth-order valence-corrected chi connectivity index (χ4v) is 3.97. The van der Waals surface area contributed by atoms with Crippen LogP contribution in [0.5, 0.6) is 0 Å². The lowest BCUT2D eigenvalue weighted by Gasteiger charge is -2.11. The number of rotatable bonds is 4. The van der Waals surface area contributed by atoms with Crippen LogP contribution in [0.4, 0.5) is 0 Å². The van der Waals surface area contributed by atoms with Gasteiger partial charge < -0.3 is 0 Å². The third-order valence-electron chi connectivity index (χ3n) is 5.79. The van der Waals surface area contributed by atoms with Gasteiger partial charge in [-0.3, -0.25) is 4.57 Å².